The summed E-state index contributed by atoms with van der Waals surface area (Å²) >= 11 is 0. The van der Waals surface area contributed by atoms with E-state index in [1.54, 1.807) is 0 Å². The number of benzene rings is 1. The summed E-state index contributed by atoms with van der Waals surface area (Å²) in [6.07, 6.45) is 3.14. The molecule has 0 bridgehead atoms. The van der Waals surface area contributed by atoms with Crippen molar-refractivity contribution < 1.29 is 14.3 Å². The third-order valence-corrected chi connectivity index (χ3v) is 4.68. The van der Waals surface area contributed by atoms with E-state index in [-0.39, 0.29) is 5.82 Å². The fourth-order valence-electron chi connectivity index (χ4n) is 3.29. The van der Waals surface area contributed by atoms with E-state index in [0.29, 0.717) is 24.2 Å². The van der Waals surface area contributed by atoms with Crippen LogP contribution in [0.4, 0.5) is 10.2 Å². The Balaban J connectivity index is 1.93. The number of carbonyl (C=O) groups is 1. The fourth-order valence-corrected chi connectivity index (χ4v) is 3.29. The number of hydrogen-bond donors (Lipinski definition) is 3. The standard InChI is InChI=1S/C19H21FN6O2/c1-2-4-14(19(27)28)15(18-23-25-26-24-18)8-11-5-3-6-12(7-11)13-9-16(20)17(21)22-10-13/h3,5-7,9-10,14-15H,2,4,8H2,1H3,(H2,21,22)(H,27,28)(H,23,24,25,26). The molecule has 2 aromatic heterocycles. The van der Waals surface area contributed by atoms with Gasteiger partial charge in [-0.25, -0.2) is 9.37 Å². The van der Waals surface area contributed by atoms with Gasteiger partial charge in [0.25, 0.3) is 0 Å². The quantitative estimate of drug-likeness (QED) is 0.544. The Kier molecular flexibility index (Phi) is 5.93. The highest BCUT2D eigenvalue weighted by Crippen LogP contribution is 2.31. The fraction of sp³-hybridized carbons (Fsp3) is 0.316. The lowest BCUT2D eigenvalue weighted by Gasteiger charge is -2.21. The summed E-state index contributed by atoms with van der Waals surface area (Å²) in [4.78, 5) is 15.7. The molecule has 9 heteroatoms. The molecule has 0 aliphatic heterocycles. The van der Waals surface area contributed by atoms with Crippen LogP contribution in [0, 0.1) is 11.7 Å². The topological polar surface area (TPSA) is 131 Å². The average molecular weight is 384 g/mol. The normalized spacial score (nSPS) is 13.2. The van der Waals surface area contributed by atoms with Crippen molar-refractivity contribution in [1.82, 2.24) is 25.6 Å². The van der Waals surface area contributed by atoms with Crippen LogP contribution in [0.2, 0.25) is 0 Å². The Bertz CT molecular complexity index is 947. The molecular formula is C19H21FN6O2. The minimum absolute atomic E-state index is 0.152. The molecule has 0 amide bonds. The zero-order chi connectivity index (χ0) is 20.1. The smallest absolute Gasteiger partial charge is 0.307 e. The number of anilines is 1. The molecule has 0 saturated heterocycles. The van der Waals surface area contributed by atoms with E-state index in [1.807, 2.05) is 31.2 Å². The monoisotopic (exact) mass is 384 g/mol. The second-order valence-corrected chi connectivity index (χ2v) is 6.61. The van der Waals surface area contributed by atoms with Gasteiger partial charge in [-0.15, -0.1) is 10.2 Å². The molecule has 0 radical (unpaired) electrons. The molecule has 146 valence electrons. The van der Waals surface area contributed by atoms with Gasteiger partial charge in [0.2, 0.25) is 0 Å². The minimum Gasteiger partial charge on any atom is -0.481 e. The number of nitrogens with one attached hydrogen (secondary N) is 1. The molecule has 3 rings (SSSR count). The van der Waals surface area contributed by atoms with E-state index >= 15 is 0 Å². The first-order valence-electron chi connectivity index (χ1n) is 8.96. The van der Waals surface area contributed by atoms with E-state index in [9.17, 15) is 14.3 Å². The first-order valence-corrected chi connectivity index (χ1v) is 8.96. The molecule has 28 heavy (non-hydrogen) atoms. The molecular weight excluding hydrogens is 363 g/mol. The number of carboxylic acid groups (broad SMARTS) is 1. The predicted octanol–water partition coefficient (Wildman–Crippen LogP) is 2.81. The van der Waals surface area contributed by atoms with Crippen LogP contribution >= 0.6 is 0 Å². The Morgan fingerprint density at radius 1 is 1.32 bits per heavy atom. The molecule has 0 fully saturated rings. The van der Waals surface area contributed by atoms with E-state index < -0.39 is 23.6 Å². The van der Waals surface area contributed by atoms with Crippen LogP contribution in [0.3, 0.4) is 0 Å². The van der Waals surface area contributed by atoms with Gasteiger partial charge in [-0.3, -0.25) is 4.79 Å². The number of pyridine rings is 1. The number of hydrogen-bond acceptors (Lipinski definition) is 6. The van der Waals surface area contributed by atoms with Crippen LogP contribution in [0.25, 0.3) is 11.1 Å². The maximum absolute atomic E-state index is 13.8. The van der Waals surface area contributed by atoms with Crippen LogP contribution in [-0.2, 0) is 11.2 Å². The van der Waals surface area contributed by atoms with Crippen LogP contribution in [-0.4, -0.2) is 36.7 Å². The van der Waals surface area contributed by atoms with Gasteiger partial charge in [-0.1, -0.05) is 42.8 Å². The average Bonchev–Trinajstić information content (AvgIpc) is 3.21. The number of tetrazole rings is 1. The van der Waals surface area contributed by atoms with E-state index in [2.05, 4.69) is 25.6 Å². The number of carboxylic acids is 1. The van der Waals surface area contributed by atoms with Gasteiger partial charge in [-0.2, -0.15) is 5.21 Å². The highest BCUT2D eigenvalue weighted by molar-refractivity contribution is 5.71. The molecule has 8 nitrogen and oxygen atoms in total. The number of nitrogen functional groups attached to an aromatic ring is 1. The molecule has 2 atom stereocenters. The van der Waals surface area contributed by atoms with Gasteiger partial charge in [0.15, 0.2) is 17.5 Å². The van der Waals surface area contributed by atoms with Crippen LogP contribution in [0.15, 0.2) is 36.5 Å². The molecule has 0 saturated carbocycles. The van der Waals surface area contributed by atoms with Gasteiger partial charge >= 0.3 is 5.97 Å². The number of aromatic amines is 1. The van der Waals surface area contributed by atoms with Crippen molar-refractivity contribution in [2.45, 2.75) is 32.1 Å². The van der Waals surface area contributed by atoms with Crippen LogP contribution in [0.1, 0.15) is 37.1 Å². The lowest BCUT2D eigenvalue weighted by Crippen LogP contribution is -2.25. The Morgan fingerprint density at radius 3 is 2.79 bits per heavy atom. The second-order valence-electron chi connectivity index (χ2n) is 6.61. The zero-order valence-corrected chi connectivity index (χ0v) is 15.3. The third kappa shape index (κ3) is 4.30. The van der Waals surface area contributed by atoms with Gasteiger partial charge in [0, 0.05) is 17.7 Å². The number of rotatable bonds is 8. The van der Waals surface area contributed by atoms with Crippen molar-refractivity contribution >= 4 is 11.8 Å². The predicted molar refractivity (Wildman–Crippen MR) is 101 cm³/mol. The molecule has 2 unspecified atom stereocenters. The number of H-pyrrole nitrogens is 1. The van der Waals surface area contributed by atoms with Crippen molar-refractivity contribution in [3.05, 3.63) is 53.7 Å². The minimum atomic E-state index is -0.891. The van der Waals surface area contributed by atoms with E-state index in [1.165, 1.54) is 12.3 Å². The summed E-state index contributed by atoms with van der Waals surface area (Å²) in [6.45, 7) is 1.94. The van der Waals surface area contributed by atoms with Crippen LogP contribution < -0.4 is 5.73 Å². The highest BCUT2D eigenvalue weighted by Gasteiger charge is 2.32. The lowest BCUT2D eigenvalue weighted by molar-refractivity contribution is -0.142. The maximum Gasteiger partial charge on any atom is 0.307 e. The number of aromatic nitrogens is 5. The van der Waals surface area contributed by atoms with E-state index in [4.69, 9.17) is 5.73 Å². The molecule has 0 spiro atoms. The SMILES string of the molecule is CCCC(C(=O)O)C(Cc1cccc(-c2cnc(N)c(F)c2)c1)c1nn[nH]n1. The van der Waals surface area contributed by atoms with Crippen molar-refractivity contribution in [3.63, 3.8) is 0 Å². The molecule has 0 aliphatic carbocycles. The van der Waals surface area contributed by atoms with Crippen molar-refractivity contribution in [3.8, 4) is 11.1 Å². The summed E-state index contributed by atoms with van der Waals surface area (Å²) in [5, 5.41) is 23.7. The third-order valence-electron chi connectivity index (χ3n) is 4.68. The summed E-state index contributed by atoms with van der Waals surface area (Å²) < 4.78 is 13.8. The second kappa shape index (κ2) is 8.55. The molecule has 3 aromatic rings. The van der Waals surface area contributed by atoms with E-state index in [0.717, 1.165) is 17.5 Å². The number of nitrogens with zero attached hydrogens (tertiary/aromatic N) is 4. The first-order chi connectivity index (χ1) is 13.5. The Labute approximate surface area is 161 Å². The van der Waals surface area contributed by atoms with Gasteiger partial charge in [0.05, 0.1) is 5.92 Å². The number of halogens is 1. The first kappa shape index (κ1) is 19.4. The van der Waals surface area contributed by atoms with Crippen molar-refractivity contribution in [2.75, 3.05) is 5.73 Å². The zero-order valence-electron chi connectivity index (χ0n) is 15.3. The number of aliphatic carboxylic acids is 1. The summed E-state index contributed by atoms with van der Waals surface area (Å²) in [5.41, 5.74) is 7.68. The molecule has 4 N–H and O–H groups in total. The number of nitrogens with two attached hydrogens (primary N) is 1. The largest absolute Gasteiger partial charge is 0.481 e. The van der Waals surface area contributed by atoms with Gasteiger partial charge < -0.3 is 10.8 Å². The molecule has 0 aliphatic rings. The van der Waals surface area contributed by atoms with Crippen molar-refractivity contribution in [1.29, 1.82) is 0 Å². The maximum atomic E-state index is 13.8. The van der Waals surface area contributed by atoms with Crippen molar-refractivity contribution in [2.24, 2.45) is 5.92 Å². The summed E-state index contributed by atoms with van der Waals surface area (Å²) in [6, 6.07) is 8.77. The molecule has 2 heterocycles. The van der Waals surface area contributed by atoms with Crippen LogP contribution in [0.5, 0.6) is 0 Å². The molecule has 1 aromatic carbocycles. The Hall–Kier alpha value is -3.36. The lowest BCUT2D eigenvalue weighted by atomic mass is 9.83. The Morgan fingerprint density at radius 2 is 2.14 bits per heavy atom. The summed E-state index contributed by atoms with van der Waals surface area (Å²) in [5.74, 6) is -2.33. The van der Waals surface area contributed by atoms with Gasteiger partial charge in [0.1, 0.15) is 0 Å². The summed E-state index contributed by atoms with van der Waals surface area (Å²) in [7, 11) is 0. The highest BCUT2D eigenvalue weighted by atomic mass is 19.1. The van der Waals surface area contributed by atoms with Gasteiger partial charge in [-0.05, 0) is 30.0 Å².